The first-order valence-electron chi connectivity index (χ1n) is 3.82. The van der Waals surface area contributed by atoms with Crippen LogP contribution in [0.3, 0.4) is 0 Å². The third-order valence-electron chi connectivity index (χ3n) is 2.16. The molecule has 1 amide bonds. The molecule has 0 aromatic carbocycles. The third-order valence-corrected chi connectivity index (χ3v) is 2.16. The van der Waals surface area contributed by atoms with Crippen molar-refractivity contribution in [1.82, 2.24) is 10.2 Å². The highest BCUT2D eigenvalue weighted by Gasteiger charge is 2.32. The minimum absolute atomic E-state index is 0.162. The highest BCUT2D eigenvalue weighted by Crippen LogP contribution is 2.10. The molecule has 1 heterocycles. The summed E-state index contributed by atoms with van der Waals surface area (Å²) in [5.74, 6) is -0.249. The van der Waals surface area contributed by atoms with Crippen molar-refractivity contribution in [3.63, 3.8) is 0 Å². The Balaban J connectivity index is 2.58. The minimum Gasteiger partial charge on any atom is -0.368 e. The van der Waals surface area contributed by atoms with Gasteiger partial charge in [-0.05, 0) is 27.1 Å². The van der Waals surface area contributed by atoms with E-state index in [0.717, 1.165) is 13.0 Å². The third kappa shape index (κ3) is 1.70. The van der Waals surface area contributed by atoms with Crippen LogP contribution in [0.25, 0.3) is 0 Å². The van der Waals surface area contributed by atoms with Crippen molar-refractivity contribution in [2.24, 2.45) is 5.73 Å². The van der Waals surface area contributed by atoms with Crippen LogP contribution in [0.2, 0.25) is 0 Å². The molecule has 1 aliphatic heterocycles. The maximum atomic E-state index is 10.8. The van der Waals surface area contributed by atoms with Crippen LogP contribution in [0.5, 0.6) is 0 Å². The number of amides is 1. The molecular formula is C7H15N3O. The molecule has 1 aliphatic rings. The Bertz CT molecular complexity index is 158. The summed E-state index contributed by atoms with van der Waals surface area (Å²) >= 11 is 0. The second kappa shape index (κ2) is 3.19. The summed E-state index contributed by atoms with van der Waals surface area (Å²) in [6, 6.07) is 0.109. The van der Waals surface area contributed by atoms with Crippen LogP contribution in [0.4, 0.5) is 0 Å². The van der Waals surface area contributed by atoms with Crippen molar-refractivity contribution in [2.45, 2.75) is 18.5 Å². The van der Waals surface area contributed by atoms with Crippen molar-refractivity contribution in [3.05, 3.63) is 0 Å². The van der Waals surface area contributed by atoms with E-state index in [9.17, 15) is 4.79 Å². The summed E-state index contributed by atoms with van der Waals surface area (Å²) in [4.78, 5) is 12.9. The van der Waals surface area contributed by atoms with Gasteiger partial charge in [0.05, 0.1) is 0 Å². The van der Waals surface area contributed by atoms with Crippen LogP contribution in [0, 0.1) is 0 Å². The lowest BCUT2D eigenvalue weighted by molar-refractivity contribution is -0.120. The van der Waals surface area contributed by atoms with Crippen LogP contribution < -0.4 is 11.1 Å². The number of rotatable bonds is 2. The van der Waals surface area contributed by atoms with Crippen molar-refractivity contribution >= 4 is 5.91 Å². The average molecular weight is 157 g/mol. The topological polar surface area (TPSA) is 58.4 Å². The van der Waals surface area contributed by atoms with Crippen LogP contribution in [-0.2, 0) is 4.79 Å². The van der Waals surface area contributed by atoms with E-state index in [4.69, 9.17) is 5.73 Å². The van der Waals surface area contributed by atoms with E-state index in [0.29, 0.717) is 0 Å². The Morgan fingerprint density at radius 2 is 2.27 bits per heavy atom. The van der Waals surface area contributed by atoms with Crippen molar-refractivity contribution in [2.75, 3.05) is 20.6 Å². The van der Waals surface area contributed by atoms with Gasteiger partial charge >= 0.3 is 0 Å². The molecule has 0 bridgehead atoms. The van der Waals surface area contributed by atoms with Crippen LogP contribution in [-0.4, -0.2) is 43.5 Å². The number of likely N-dealkylation sites (N-methyl/N-ethyl adjacent to an activating group) is 1. The Hall–Kier alpha value is -0.610. The number of hydrogen-bond donors (Lipinski definition) is 2. The molecule has 3 N–H and O–H groups in total. The zero-order valence-corrected chi connectivity index (χ0v) is 7.00. The first kappa shape index (κ1) is 8.49. The highest BCUT2D eigenvalue weighted by atomic mass is 16.1. The van der Waals surface area contributed by atoms with Crippen LogP contribution in [0.1, 0.15) is 6.42 Å². The number of nitrogens with one attached hydrogen (secondary N) is 1. The maximum Gasteiger partial charge on any atom is 0.236 e. The second-order valence-electron chi connectivity index (χ2n) is 3.15. The van der Waals surface area contributed by atoms with Crippen LogP contribution >= 0.6 is 0 Å². The van der Waals surface area contributed by atoms with Gasteiger partial charge in [-0.25, -0.2) is 0 Å². The van der Waals surface area contributed by atoms with E-state index in [1.54, 1.807) is 0 Å². The highest BCUT2D eigenvalue weighted by molar-refractivity contribution is 5.81. The number of hydrogen-bond acceptors (Lipinski definition) is 3. The Kier molecular flexibility index (Phi) is 2.46. The van der Waals surface area contributed by atoms with Gasteiger partial charge in [0.2, 0.25) is 5.91 Å². The number of primary amides is 1. The summed E-state index contributed by atoms with van der Waals surface area (Å²) in [5, 5.41) is 3.07. The zero-order chi connectivity index (χ0) is 8.43. The standard InChI is InChI=1S/C7H15N3O/c1-10(2)5-3-4-9-6(5)7(8)11/h5-6,9H,3-4H2,1-2H3,(H2,8,11)/t5-,6-/m0/s1. The summed E-state index contributed by atoms with van der Waals surface area (Å²) in [5.41, 5.74) is 5.20. The molecule has 11 heavy (non-hydrogen) atoms. The van der Waals surface area contributed by atoms with Gasteiger partial charge in [-0.2, -0.15) is 0 Å². The van der Waals surface area contributed by atoms with Gasteiger partial charge in [0.1, 0.15) is 6.04 Å². The van der Waals surface area contributed by atoms with Gasteiger partial charge in [-0.15, -0.1) is 0 Å². The lowest BCUT2D eigenvalue weighted by Gasteiger charge is -2.23. The van der Waals surface area contributed by atoms with Gasteiger partial charge < -0.3 is 16.0 Å². The molecule has 4 nitrogen and oxygen atoms in total. The number of carbonyl (C=O) groups is 1. The van der Waals surface area contributed by atoms with Crippen LogP contribution in [0.15, 0.2) is 0 Å². The summed E-state index contributed by atoms with van der Waals surface area (Å²) in [7, 11) is 3.93. The molecule has 0 spiro atoms. The number of nitrogens with two attached hydrogens (primary N) is 1. The Labute approximate surface area is 66.7 Å². The predicted molar refractivity (Wildman–Crippen MR) is 43.1 cm³/mol. The molecule has 2 atom stereocenters. The van der Waals surface area contributed by atoms with E-state index < -0.39 is 0 Å². The van der Waals surface area contributed by atoms with E-state index in [1.807, 2.05) is 19.0 Å². The molecule has 1 fully saturated rings. The lowest BCUT2D eigenvalue weighted by atomic mass is 10.1. The lowest BCUT2D eigenvalue weighted by Crippen LogP contribution is -2.48. The number of nitrogens with zero attached hydrogens (tertiary/aromatic N) is 1. The molecular weight excluding hydrogens is 142 g/mol. The van der Waals surface area contributed by atoms with Crippen molar-refractivity contribution in [1.29, 1.82) is 0 Å². The first-order valence-corrected chi connectivity index (χ1v) is 3.82. The average Bonchev–Trinajstić information content (AvgIpc) is 2.32. The van der Waals surface area contributed by atoms with Gasteiger partial charge in [-0.3, -0.25) is 4.79 Å². The van der Waals surface area contributed by atoms with E-state index in [1.165, 1.54) is 0 Å². The monoisotopic (exact) mass is 157 g/mol. The van der Waals surface area contributed by atoms with Gasteiger partial charge in [0.25, 0.3) is 0 Å². The molecule has 0 aromatic rings. The SMILES string of the molecule is CN(C)[C@H]1CCN[C@@H]1C(N)=O. The fourth-order valence-corrected chi connectivity index (χ4v) is 1.54. The van der Waals surface area contributed by atoms with E-state index >= 15 is 0 Å². The summed E-state index contributed by atoms with van der Waals surface area (Å²) < 4.78 is 0. The molecule has 0 saturated carbocycles. The van der Waals surface area contributed by atoms with Gasteiger partial charge in [0, 0.05) is 6.04 Å². The quantitative estimate of drug-likeness (QED) is 0.527. The van der Waals surface area contributed by atoms with Gasteiger partial charge in [0.15, 0.2) is 0 Å². The first-order chi connectivity index (χ1) is 5.13. The molecule has 0 unspecified atom stereocenters. The largest absolute Gasteiger partial charge is 0.368 e. The molecule has 0 radical (unpaired) electrons. The molecule has 0 aliphatic carbocycles. The molecule has 4 heteroatoms. The summed E-state index contributed by atoms with van der Waals surface area (Å²) in [6.45, 7) is 0.885. The van der Waals surface area contributed by atoms with Gasteiger partial charge in [-0.1, -0.05) is 0 Å². The predicted octanol–water partition coefficient (Wildman–Crippen LogP) is -1.24. The fraction of sp³-hybridized carbons (Fsp3) is 0.857. The molecule has 1 saturated heterocycles. The number of carbonyl (C=O) groups excluding carboxylic acids is 1. The van der Waals surface area contributed by atoms with Crippen molar-refractivity contribution < 1.29 is 4.79 Å². The normalized spacial score (nSPS) is 31.2. The van der Waals surface area contributed by atoms with Crippen molar-refractivity contribution in [3.8, 4) is 0 Å². The van der Waals surface area contributed by atoms with E-state index in [2.05, 4.69) is 5.32 Å². The van der Waals surface area contributed by atoms with E-state index in [-0.39, 0.29) is 18.0 Å². The molecule has 0 aromatic heterocycles. The molecule has 1 rings (SSSR count). The minimum atomic E-state index is -0.249. The Morgan fingerprint density at radius 1 is 1.64 bits per heavy atom. The smallest absolute Gasteiger partial charge is 0.236 e. The maximum absolute atomic E-state index is 10.8. The summed E-state index contributed by atoms with van der Waals surface area (Å²) in [6.07, 6.45) is 1.00. The molecule has 64 valence electrons. The second-order valence-corrected chi connectivity index (χ2v) is 3.15. The Morgan fingerprint density at radius 3 is 2.64 bits per heavy atom. The fourth-order valence-electron chi connectivity index (χ4n) is 1.54. The zero-order valence-electron chi connectivity index (χ0n) is 7.00.